The molecule has 0 aliphatic carbocycles. The molecule has 0 aromatic carbocycles. The van der Waals surface area contributed by atoms with Crippen LogP contribution in [-0.2, 0) is 4.79 Å². The summed E-state index contributed by atoms with van der Waals surface area (Å²) >= 11 is 0. The minimum absolute atomic E-state index is 0.216. The molecule has 0 aromatic heterocycles. The van der Waals surface area contributed by atoms with Gasteiger partial charge in [0.05, 0.1) is 5.60 Å². The summed E-state index contributed by atoms with van der Waals surface area (Å²) in [5.74, 6) is -0.216. The number of amides is 1. The van der Waals surface area contributed by atoms with Crippen molar-refractivity contribution in [2.75, 3.05) is 6.54 Å². The number of carbonyl (C=O) groups excluding carboxylic acids is 1. The summed E-state index contributed by atoms with van der Waals surface area (Å²) < 4.78 is 0. The first-order valence-corrected chi connectivity index (χ1v) is 7.29. The van der Waals surface area contributed by atoms with Crippen LogP contribution < -0.4 is 5.32 Å². The van der Waals surface area contributed by atoms with Crippen LogP contribution in [0.25, 0.3) is 0 Å². The van der Waals surface area contributed by atoms with Gasteiger partial charge in [0, 0.05) is 12.6 Å². The lowest BCUT2D eigenvalue weighted by atomic mass is 10.1. The zero-order valence-electron chi connectivity index (χ0n) is 13.3. The Labute approximate surface area is 128 Å². The second-order valence-electron chi connectivity index (χ2n) is 5.26. The van der Waals surface area contributed by atoms with E-state index in [2.05, 4.69) is 18.3 Å². The topological polar surface area (TPSA) is 49.3 Å². The molecule has 0 fully saturated rings. The Balaban J connectivity index is 3.89. The largest absolute Gasteiger partial charge is 0.389 e. The van der Waals surface area contributed by atoms with E-state index in [1.807, 2.05) is 36.5 Å². The molecule has 0 radical (unpaired) electrons. The summed E-state index contributed by atoms with van der Waals surface area (Å²) in [5.41, 5.74) is -0.889. The van der Waals surface area contributed by atoms with Crippen molar-refractivity contribution in [3.63, 3.8) is 0 Å². The van der Waals surface area contributed by atoms with E-state index in [-0.39, 0.29) is 12.5 Å². The standard InChI is InChI=1S/C18H27NO2/c1-4-5-6-7-8-9-10-11-12-13-14-15-17(20)19-16-18(2,3)21/h6-15,21H,4-5,16H2,1-3H3,(H,19,20)/b7-6+,9-8-,11-10+,13-12+,15-14+. The van der Waals surface area contributed by atoms with Crippen LogP contribution >= 0.6 is 0 Å². The molecule has 0 heterocycles. The Morgan fingerprint density at radius 3 is 2.05 bits per heavy atom. The average Bonchev–Trinajstić information content (AvgIpc) is 2.42. The van der Waals surface area contributed by atoms with Gasteiger partial charge < -0.3 is 10.4 Å². The van der Waals surface area contributed by atoms with Crippen molar-refractivity contribution in [1.82, 2.24) is 5.32 Å². The van der Waals surface area contributed by atoms with Gasteiger partial charge in [-0.15, -0.1) is 0 Å². The lowest BCUT2D eigenvalue weighted by Gasteiger charge is -2.16. The van der Waals surface area contributed by atoms with Crippen molar-refractivity contribution in [3.05, 3.63) is 60.8 Å². The van der Waals surface area contributed by atoms with Crippen molar-refractivity contribution >= 4 is 5.91 Å². The van der Waals surface area contributed by atoms with Crippen LogP contribution in [0.15, 0.2) is 60.8 Å². The van der Waals surface area contributed by atoms with Crippen LogP contribution in [0, 0.1) is 0 Å². The molecule has 1 amide bonds. The first-order chi connectivity index (χ1) is 9.95. The zero-order valence-corrected chi connectivity index (χ0v) is 13.3. The molecule has 0 spiro atoms. The van der Waals surface area contributed by atoms with Crippen molar-refractivity contribution in [1.29, 1.82) is 0 Å². The van der Waals surface area contributed by atoms with Gasteiger partial charge in [-0.2, -0.15) is 0 Å². The molecule has 0 saturated heterocycles. The van der Waals surface area contributed by atoms with Gasteiger partial charge in [-0.1, -0.05) is 68.0 Å². The van der Waals surface area contributed by atoms with E-state index in [1.165, 1.54) is 12.5 Å². The molecule has 3 heteroatoms. The summed E-state index contributed by atoms with van der Waals surface area (Å²) in [4.78, 5) is 11.4. The molecule has 21 heavy (non-hydrogen) atoms. The zero-order chi connectivity index (χ0) is 16.0. The maximum atomic E-state index is 11.4. The van der Waals surface area contributed by atoms with E-state index in [0.29, 0.717) is 0 Å². The average molecular weight is 289 g/mol. The van der Waals surface area contributed by atoms with Gasteiger partial charge in [-0.3, -0.25) is 4.79 Å². The van der Waals surface area contributed by atoms with Gasteiger partial charge in [0.25, 0.3) is 0 Å². The molecule has 0 aliphatic heterocycles. The van der Waals surface area contributed by atoms with Gasteiger partial charge >= 0.3 is 0 Å². The van der Waals surface area contributed by atoms with Crippen LogP contribution in [0.1, 0.15) is 33.6 Å². The molecule has 116 valence electrons. The number of rotatable bonds is 9. The van der Waals surface area contributed by atoms with Crippen molar-refractivity contribution in [3.8, 4) is 0 Å². The van der Waals surface area contributed by atoms with E-state index in [4.69, 9.17) is 0 Å². The fourth-order valence-electron chi connectivity index (χ4n) is 1.23. The Morgan fingerprint density at radius 2 is 1.52 bits per heavy atom. The molecule has 3 nitrogen and oxygen atoms in total. The summed E-state index contributed by atoms with van der Waals surface area (Å²) in [6, 6.07) is 0. The molecule has 0 saturated carbocycles. The van der Waals surface area contributed by atoms with Gasteiger partial charge in [0.2, 0.25) is 5.91 Å². The molecule has 0 rings (SSSR count). The van der Waals surface area contributed by atoms with E-state index in [0.717, 1.165) is 6.42 Å². The smallest absolute Gasteiger partial charge is 0.244 e. The number of hydrogen-bond acceptors (Lipinski definition) is 2. The van der Waals surface area contributed by atoms with E-state index in [1.54, 1.807) is 26.0 Å². The molecule has 0 bridgehead atoms. The monoisotopic (exact) mass is 289 g/mol. The van der Waals surface area contributed by atoms with Crippen molar-refractivity contribution in [2.24, 2.45) is 0 Å². The lowest BCUT2D eigenvalue weighted by molar-refractivity contribution is -0.117. The van der Waals surface area contributed by atoms with Crippen molar-refractivity contribution in [2.45, 2.75) is 39.2 Å². The maximum absolute atomic E-state index is 11.4. The first kappa shape index (κ1) is 19.1. The van der Waals surface area contributed by atoms with E-state index >= 15 is 0 Å². The highest BCUT2D eigenvalue weighted by Gasteiger charge is 2.12. The summed E-state index contributed by atoms with van der Waals surface area (Å²) in [5, 5.41) is 12.1. The van der Waals surface area contributed by atoms with E-state index < -0.39 is 5.60 Å². The van der Waals surface area contributed by atoms with Crippen LogP contribution in [0.4, 0.5) is 0 Å². The third-order valence-corrected chi connectivity index (χ3v) is 2.31. The second kappa shape index (κ2) is 11.9. The Kier molecular flexibility index (Phi) is 10.9. The maximum Gasteiger partial charge on any atom is 0.244 e. The molecule has 0 aliphatic rings. The highest BCUT2D eigenvalue weighted by molar-refractivity contribution is 5.87. The van der Waals surface area contributed by atoms with Crippen molar-refractivity contribution < 1.29 is 9.90 Å². The predicted molar refractivity (Wildman–Crippen MR) is 89.9 cm³/mol. The lowest BCUT2D eigenvalue weighted by Crippen LogP contribution is -2.37. The molecular formula is C18H27NO2. The first-order valence-electron chi connectivity index (χ1n) is 7.29. The van der Waals surface area contributed by atoms with Gasteiger partial charge in [0.1, 0.15) is 0 Å². The molecule has 0 atom stereocenters. The number of aliphatic hydroxyl groups is 1. The number of allylic oxidation sites excluding steroid dienone is 9. The SMILES string of the molecule is CCC/C=C/C=C\C=C\C=C\C=C\C(=O)NCC(C)(C)O. The number of carbonyl (C=O) groups is 1. The third-order valence-electron chi connectivity index (χ3n) is 2.31. The van der Waals surface area contributed by atoms with Crippen LogP contribution in [0.3, 0.4) is 0 Å². The summed E-state index contributed by atoms with van der Waals surface area (Å²) in [6.45, 7) is 5.67. The highest BCUT2D eigenvalue weighted by Crippen LogP contribution is 1.96. The minimum atomic E-state index is -0.889. The van der Waals surface area contributed by atoms with Crippen LogP contribution in [0.2, 0.25) is 0 Å². The number of nitrogens with one attached hydrogen (secondary N) is 1. The molecule has 0 aromatic rings. The van der Waals surface area contributed by atoms with Gasteiger partial charge in [-0.25, -0.2) is 0 Å². The summed E-state index contributed by atoms with van der Waals surface area (Å²) in [7, 11) is 0. The van der Waals surface area contributed by atoms with Crippen LogP contribution in [0.5, 0.6) is 0 Å². The number of unbranched alkanes of at least 4 members (excludes halogenated alkanes) is 1. The number of hydrogen-bond donors (Lipinski definition) is 2. The quantitative estimate of drug-likeness (QED) is 0.504. The minimum Gasteiger partial charge on any atom is -0.389 e. The predicted octanol–water partition coefficient (Wildman–Crippen LogP) is 3.45. The fraction of sp³-hybridized carbons (Fsp3) is 0.389. The molecular weight excluding hydrogens is 262 g/mol. The normalized spacial score (nSPS) is 13.5. The molecule has 0 unspecified atom stereocenters. The highest BCUT2D eigenvalue weighted by atomic mass is 16.3. The summed E-state index contributed by atoms with van der Waals surface area (Å²) in [6.07, 6.45) is 20.9. The Bertz CT molecular complexity index is 421. The second-order valence-corrected chi connectivity index (χ2v) is 5.26. The Hall–Kier alpha value is -1.87. The van der Waals surface area contributed by atoms with E-state index in [9.17, 15) is 9.90 Å². The van der Waals surface area contributed by atoms with Gasteiger partial charge in [-0.05, 0) is 20.3 Å². The third kappa shape index (κ3) is 16.1. The van der Waals surface area contributed by atoms with Gasteiger partial charge in [0.15, 0.2) is 0 Å². The van der Waals surface area contributed by atoms with Crippen LogP contribution in [-0.4, -0.2) is 23.2 Å². The fourth-order valence-corrected chi connectivity index (χ4v) is 1.23. The molecule has 2 N–H and O–H groups in total. The Morgan fingerprint density at radius 1 is 1.00 bits per heavy atom.